The van der Waals surface area contributed by atoms with Crippen molar-refractivity contribution in [2.24, 2.45) is 0 Å². The number of hydrogen-bond donors (Lipinski definition) is 1. The molecule has 0 spiro atoms. The standard InChI is InChI=1S/C22H24N4O3S2/c1-16(30-22-19-10-3-4-11-20(19)23-15-24-22)21(27)25-17-8-7-9-18(14-17)31(28,29)26-12-5-2-6-13-26/h3-4,7-11,14-16H,2,5-6,12-13H2,1H3,(H,25,27). The lowest BCUT2D eigenvalue weighted by Gasteiger charge is -2.26. The maximum atomic E-state index is 12.9. The Bertz CT molecular complexity index is 1190. The minimum atomic E-state index is -3.55. The summed E-state index contributed by atoms with van der Waals surface area (Å²) >= 11 is 1.34. The van der Waals surface area contributed by atoms with Crippen molar-refractivity contribution in [3.05, 3.63) is 54.9 Å². The van der Waals surface area contributed by atoms with E-state index < -0.39 is 15.3 Å². The summed E-state index contributed by atoms with van der Waals surface area (Å²) in [5.74, 6) is -0.222. The highest BCUT2D eigenvalue weighted by Gasteiger charge is 2.26. The Morgan fingerprint density at radius 1 is 1.06 bits per heavy atom. The minimum Gasteiger partial charge on any atom is -0.325 e. The Labute approximate surface area is 186 Å². The fraction of sp³-hybridized carbons (Fsp3) is 0.318. The summed E-state index contributed by atoms with van der Waals surface area (Å²) in [6.45, 7) is 2.88. The average Bonchev–Trinajstić information content (AvgIpc) is 2.80. The normalized spacial score (nSPS) is 16.2. The van der Waals surface area contributed by atoms with Crippen LogP contribution in [0.25, 0.3) is 10.9 Å². The fourth-order valence-electron chi connectivity index (χ4n) is 3.53. The van der Waals surface area contributed by atoms with Crippen molar-refractivity contribution in [2.45, 2.75) is 41.4 Å². The van der Waals surface area contributed by atoms with Gasteiger partial charge in [0.15, 0.2) is 0 Å². The van der Waals surface area contributed by atoms with Crippen molar-refractivity contribution in [1.82, 2.24) is 14.3 Å². The van der Waals surface area contributed by atoms with Gasteiger partial charge in [0.1, 0.15) is 11.4 Å². The first-order chi connectivity index (χ1) is 14.9. The molecule has 0 bridgehead atoms. The number of carbonyl (C=O) groups is 1. The Balaban J connectivity index is 1.47. The van der Waals surface area contributed by atoms with Crippen LogP contribution < -0.4 is 5.32 Å². The third-order valence-corrected chi connectivity index (χ3v) is 8.23. The van der Waals surface area contributed by atoms with Gasteiger partial charge in [-0.25, -0.2) is 18.4 Å². The van der Waals surface area contributed by atoms with Crippen molar-refractivity contribution in [3.63, 3.8) is 0 Å². The molecular formula is C22H24N4O3S2. The second-order valence-corrected chi connectivity index (χ2v) is 10.7. The molecule has 9 heteroatoms. The average molecular weight is 457 g/mol. The lowest BCUT2D eigenvalue weighted by Crippen LogP contribution is -2.35. The molecule has 162 valence electrons. The number of fused-ring (bicyclic) bond motifs is 1. The predicted molar refractivity (Wildman–Crippen MR) is 123 cm³/mol. The molecule has 1 N–H and O–H groups in total. The van der Waals surface area contributed by atoms with Crippen molar-refractivity contribution in [1.29, 1.82) is 0 Å². The van der Waals surface area contributed by atoms with Crippen LogP contribution in [0.1, 0.15) is 26.2 Å². The zero-order chi connectivity index (χ0) is 21.8. The van der Waals surface area contributed by atoms with Crippen LogP contribution in [0.5, 0.6) is 0 Å². The Kier molecular flexibility index (Phi) is 6.54. The monoisotopic (exact) mass is 456 g/mol. The van der Waals surface area contributed by atoms with Crippen LogP contribution in [0.15, 0.2) is 64.8 Å². The number of nitrogens with zero attached hydrogens (tertiary/aromatic N) is 3. The van der Waals surface area contributed by atoms with Gasteiger partial charge in [-0.2, -0.15) is 4.31 Å². The molecule has 7 nitrogen and oxygen atoms in total. The number of hydrogen-bond acceptors (Lipinski definition) is 6. The van der Waals surface area contributed by atoms with Crippen molar-refractivity contribution < 1.29 is 13.2 Å². The van der Waals surface area contributed by atoms with E-state index in [2.05, 4.69) is 15.3 Å². The summed E-state index contributed by atoms with van der Waals surface area (Å²) in [7, 11) is -3.55. The fourth-order valence-corrected chi connectivity index (χ4v) is 6.00. The summed E-state index contributed by atoms with van der Waals surface area (Å²) in [6, 6.07) is 14.1. The molecule has 31 heavy (non-hydrogen) atoms. The molecule has 2 aromatic carbocycles. The van der Waals surface area contributed by atoms with Crippen LogP contribution in [0.3, 0.4) is 0 Å². The number of rotatable bonds is 6. The molecule has 4 rings (SSSR count). The number of thioether (sulfide) groups is 1. The van der Waals surface area contributed by atoms with E-state index >= 15 is 0 Å². The molecule has 1 fully saturated rings. The second kappa shape index (κ2) is 9.33. The molecule has 0 radical (unpaired) electrons. The zero-order valence-electron chi connectivity index (χ0n) is 17.2. The van der Waals surface area contributed by atoms with Gasteiger partial charge in [-0.3, -0.25) is 4.79 Å². The van der Waals surface area contributed by atoms with Gasteiger partial charge >= 0.3 is 0 Å². The number of aromatic nitrogens is 2. The van der Waals surface area contributed by atoms with Crippen molar-refractivity contribution in [3.8, 4) is 0 Å². The summed E-state index contributed by atoms with van der Waals surface area (Å²) in [4.78, 5) is 21.6. The number of piperidine rings is 1. The first-order valence-corrected chi connectivity index (χ1v) is 12.5. The number of carbonyl (C=O) groups excluding carboxylic acids is 1. The van der Waals surface area contributed by atoms with E-state index in [1.165, 1.54) is 28.5 Å². The van der Waals surface area contributed by atoms with Gasteiger partial charge in [0, 0.05) is 24.2 Å². The molecule has 3 aromatic rings. The van der Waals surface area contributed by atoms with E-state index in [-0.39, 0.29) is 10.8 Å². The van der Waals surface area contributed by atoms with Crippen molar-refractivity contribution in [2.75, 3.05) is 18.4 Å². The van der Waals surface area contributed by atoms with Gasteiger partial charge in [-0.05, 0) is 44.0 Å². The smallest absolute Gasteiger partial charge is 0.243 e. The van der Waals surface area contributed by atoms with Crippen LogP contribution in [-0.2, 0) is 14.8 Å². The van der Waals surface area contributed by atoms with Crippen LogP contribution in [-0.4, -0.2) is 46.9 Å². The van der Waals surface area contributed by atoms with E-state index in [1.54, 1.807) is 25.1 Å². The zero-order valence-corrected chi connectivity index (χ0v) is 18.8. The Morgan fingerprint density at radius 3 is 2.65 bits per heavy atom. The van der Waals surface area contributed by atoms with Crippen molar-refractivity contribution >= 4 is 44.3 Å². The second-order valence-electron chi connectivity index (χ2n) is 7.44. The topological polar surface area (TPSA) is 92.3 Å². The van der Waals surface area contributed by atoms with E-state index in [4.69, 9.17) is 0 Å². The molecule has 1 unspecified atom stereocenters. The quantitative estimate of drug-likeness (QED) is 0.446. The predicted octanol–water partition coefficient (Wildman–Crippen LogP) is 3.92. The summed E-state index contributed by atoms with van der Waals surface area (Å²) in [5.41, 5.74) is 1.28. The SMILES string of the molecule is CC(Sc1ncnc2ccccc12)C(=O)Nc1cccc(S(=O)(=O)N2CCCCC2)c1. The number of anilines is 1. The van der Waals surface area contributed by atoms with Crippen LogP contribution in [0, 0.1) is 0 Å². The van der Waals surface area contributed by atoms with Gasteiger partial charge in [0.05, 0.1) is 15.7 Å². The van der Waals surface area contributed by atoms with E-state index in [9.17, 15) is 13.2 Å². The molecule has 0 saturated carbocycles. The van der Waals surface area contributed by atoms with Crippen LogP contribution in [0.2, 0.25) is 0 Å². The number of para-hydroxylation sites is 1. The molecule has 1 aliphatic heterocycles. The third-order valence-electron chi connectivity index (χ3n) is 5.22. The summed E-state index contributed by atoms with van der Waals surface area (Å²) < 4.78 is 27.4. The minimum absolute atomic E-state index is 0.203. The lowest BCUT2D eigenvalue weighted by atomic mass is 10.2. The maximum Gasteiger partial charge on any atom is 0.243 e. The molecule has 1 atom stereocenters. The van der Waals surface area contributed by atoms with E-state index in [0.717, 1.165) is 35.2 Å². The van der Waals surface area contributed by atoms with Crippen LogP contribution >= 0.6 is 11.8 Å². The number of amides is 1. The highest BCUT2D eigenvalue weighted by Crippen LogP contribution is 2.29. The van der Waals surface area contributed by atoms with Gasteiger partial charge in [0.2, 0.25) is 15.9 Å². The van der Waals surface area contributed by atoms with Gasteiger partial charge in [-0.1, -0.05) is 42.4 Å². The Hall–Kier alpha value is -2.49. The molecular weight excluding hydrogens is 432 g/mol. The van der Waals surface area contributed by atoms with Gasteiger partial charge < -0.3 is 5.32 Å². The Morgan fingerprint density at radius 2 is 1.84 bits per heavy atom. The number of nitrogens with one attached hydrogen (secondary N) is 1. The molecule has 1 aliphatic rings. The van der Waals surface area contributed by atoms with E-state index in [1.807, 2.05) is 24.3 Å². The lowest BCUT2D eigenvalue weighted by molar-refractivity contribution is -0.115. The molecule has 1 amide bonds. The molecule has 1 saturated heterocycles. The molecule has 0 aliphatic carbocycles. The maximum absolute atomic E-state index is 12.9. The highest BCUT2D eigenvalue weighted by atomic mass is 32.2. The largest absolute Gasteiger partial charge is 0.325 e. The third kappa shape index (κ3) is 4.89. The first kappa shape index (κ1) is 21.7. The number of benzene rings is 2. The van der Waals surface area contributed by atoms with E-state index in [0.29, 0.717) is 18.8 Å². The van der Waals surface area contributed by atoms with Gasteiger partial charge in [0.25, 0.3) is 0 Å². The van der Waals surface area contributed by atoms with Crippen LogP contribution in [0.4, 0.5) is 5.69 Å². The summed E-state index contributed by atoms with van der Waals surface area (Å²) in [5, 5.41) is 4.03. The molecule has 2 heterocycles. The number of sulfonamides is 1. The first-order valence-electron chi connectivity index (χ1n) is 10.2. The molecule has 1 aromatic heterocycles. The van der Waals surface area contributed by atoms with Gasteiger partial charge in [-0.15, -0.1) is 0 Å². The highest BCUT2D eigenvalue weighted by molar-refractivity contribution is 8.00. The summed E-state index contributed by atoms with van der Waals surface area (Å²) in [6.07, 6.45) is 4.30.